The Labute approximate surface area is 107 Å². The molecule has 0 amide bonds. The molecular weight excluding hydrogens is 235 g/mol. The van der Waals surface area contributed by atoms with E-state index in [1.165, 1.54) is 38.5 Å². The molecular formula is C13H27O3P. The molecule has 1 heterocycles. The number of rotatable bonds is 9. The van der Waals surface area contributed by atoms with Gasteiger partial charge in [-0.15, -0.1) is 0 Å². The van der Waals surface area contributed by atoms with Crippen LogP contribution in [-0.2, 0) is 14.3 Å². The average Bonchev–Trinajstić information content (AvgIpc) is 2.33. The largest absolute Gasteiger partial charge is 0.381 e. The first kappa shape index (κ1) is 15.4. The fourth-order valence-electron chi connectivity index (χ4n) is 1.86. The smallest absolute Gasteiger partial charge is 0.0905 e. The van der Waals surface area contributed by atoms with E-state index in [-0.39, 0.29) is 5.41 Å². The van der Waals surface area contributed by atoms with Crippen molar-refractivity contribution in [3.05, 3.63) is 0 Å². The molecule has 0 aromatic carbocycles. The molecule has 0 aliphatic carbocycles. The first-order valence-electron chi connectivity index (χ1n) is 6.86. The van der Waals surface area contributed by atoms with Gasteiger partial charge in [-0.3, -0.25) is 0 Å². The molecule has 0 aromatic heterocycles. The standard InChI is InChI=1S/C13H27O3P/c1-3-4-5-6-7-8-9-14-10-13(2)11-15-16-17-12-13/h17H,3-12H2,1-2H3. The van der Waals surface area contributed by atoms with Crippen molar-refractivity contribution in [1.29, 1.82) is 0 Å². The topological polar surface area (TPSA) is 27.7 Å². The van der Waals surface area contributed by atoms with Gasteiger partial charge in [-0.05, 0) is 6.42 Å². The Morgan fingerprint density at radius 3 is 2.65 bits per heavy atom. The second-order valence-electron chi connectivity index (χ2n) is 5.30. The molecule has 2 atom stereocenters. The third kappa shape index (κ3) is 7.35. The van der Waals surface area contributed by atoms with Gasteiger partial charge in [0.25, 0.3) is 0 Å². The van der Waals surface area contributed by atoms with Gasteiger partial charge >= 0.3 is 0 Å². The Balaban J connectivity index is 1.89. The van der Waals surface area contributed by atoms with Crippen LogP contribution in [0.2, 0.25) is 0 Å². The molecule has 17 heavy (non-hydrogen) atoms. The molecule has 1 saturated heterocycles. The summed E-state index contributed by atoms with van der Waals surface area (Å²) in [5.74, 6) is 0. The minimum absolute atomic E-state index is 0.166. The van der Waals surface area contributed by atoms with E-state index >= 15 is 0 Å². The van der Waals surface area contributed by atoms with Gasteiger partial charge in [0.05, 0.1) is 22.0 Å². The van der Waals surface area contributed by atoms with Crippen molar-refractivity contribution in [2.45, 2.75) is 52.4 Å². The fraction of sp³-hybridized carbons (Fsp3) is 1.00. The van der Waals surface area contributed by atoms with Crippen LogP contribution in [0.1, 0.15) is 52.4 Å². The first-order chi connectivity index (χ1) is 8.27. The minimum Gasteiger partial charge on any atom is -0.381 e. The van der Waals surface area contributed by atoms with Crippen LogP contribution in [0.4, 0.5) is 0 Å². The van der Waals surface area contributed by atoms with Gasteiger partial charge in [-0.25, -0.2) is 9.56 Å². The Morgan fingerprint density at radius 1 is 1.18 bits per heavy atom. The lowest BCUT2D eigenvalue weighted by Crippen LogP contribution is -2.34. The van der Waals surface area contributed by atoms with Crippen molar-refractivity contribution in [3.8, 4) is 0 Å². The van der Waals surface area contributed by atoms with Gasteiger partial charge in [-0.1, -0.05) is 46.0 Å². The normalized spacial score (nSPS) is 26.5. The molecule has 102 valence electrons. The third-order valence-electron chi connectivity index (χ3n) is 3.12. The Bertz CT molecular complexity index is 182. The molecule has 2 unspecified atom stereocenters. The van der Waals surface area contributed by atoms with Crippen LogP contribution in [0.25, 0.3) is 0 Å². The van der Waals surface area contributed by atoms with Crippen LogP contribution >= 0.6 is 8.81 Å². The van der Waals surface area contributed by atoms with Gasteiger partial charge in [-0.2, -0.15) is 0 Å². The van der Waals surface area contributed by atoms with Crippen molar-refractivity contribution in [2.24, 2.45) is 5.41 Å². The highest BCUT2D eigenvalue weighted by Gasteiger charge is 2.29. The van der Waals surface area contributed by atoms with Crippen molar-refractivity contribution < 1.29 is 14.3 Å². The van der Waals surface area contributed by atoms with Crippen molar-refractivity contribution in [3.63, 3.8) is 0 Å². The lowest BCUT2D eigenvalue weighted by molar-refractivity contribution is -0.233. The van der Waals surface area contributed by atoms with Crippen molar-refractivity contribution in [2.75, 3.05) is 26.0 Å². The van der Waals surface area contributed by atoms with E-state index in [0.717, 1.165) is 19.4 Å². The summed E-state index contributed by atoms with van der Waals surface area (Å²) in [5, 5.41) is 0. The van der Waals surface area contributed by atoms with Crippen LogP contribution in [0.3, 0.4) is 0 Å². The maximum absolute atomic E-state index is 5.75. The summed E-state index contributed by atoms with van der Waals surface area (Å²) in [4.78, 5) is 5.04. The zero-order valence-corrected chi connectivity index (χ0v) is 12.3. The van der Waals surface area contributed by atoms with E-state index in [9.17, 15) is 0 Å². The molecule has 0 spiro atoms. The molecule has 1 fully saturated rings. The van der Waals surface area contributed by atoms with E-state index in [1.807, 2.05) is 0 Å². The van der Waals surface area contributed by atoms with Gasteiger partial charge in [0.2, 0.25) is 0 Å². The third-order valence-corrected chi connectivity index (χ3v) is 4.35. The molecule has 1 aliphatic heterocycles. The maximum Gasteiger partial charge on any atom is 0.0905 e. The van der Waals surface area contributed by atoms with Gasteiger partial charge < -0.3 is 4.74 Å². The molecule has 3 nitrogen and oxygen atoms in total. The molecule has 1 aliphatic rings. The highest BCUT2D eigenvalue weighted by atomic mass is 31.1. The van der Waals surface area contributed by atoms with Crippen LogP contribution in [0.15, 0.2) is 0 Å². The zero-order valence-electron chi connectivity index (χ0n) is 11.3. The quantitative estimate of drug-likeness (QED) is 0.358. The number of hydrogen-bond donors (Lipinski definition) is 0. The first-order valence-corrected chi connectivity index (χ1v) is 7.97. The zero-order chi connectivity index (χ0) is 12.4. The number of hydrogen-bond acceptors (Lipinski definition) is 3. The Hall–Kier alpha value is 0.310. The lowest BCUT2D eigenvalue weighted by Gasteiger charge is -2.31. The van der Waals surface area contributed by atoms with E-state index < -0.39 is 0 Å². The predicted octanol–water partition coefficient (Wildman–Crippen LogP) is 3.93. The molecule has 1 rings (SSSR count). The van der Waals surface area contributed by atoms with Gasteiger partial charge in [0.1, 0.15) is 0 Å². The molecule has 4 heteroatoms. The monoisotopic (exact) mass is 262 g/mol. The minimum atomic E-state index is 0.166. The van der Waals surface area contributed by atoms with E-state index in [1.54, 1.807) is 0 Å². The fourth-order valence-corrected chi connectivity index (χ4v) is 2.62. The predicted molar refractivity (Wildman–Crippen MR) is 72.5 cm³/mol. The van der Waals surface area contributed by atoms with Crippen LogP contribution < -0.4 is 0 Å². The van der Waals surface area contributed by atoms with Gasteiger partial charge in [0.15, 0.2) is 0 Å². The number of ether oxygens (including phenoxy) is 1. The average molecular weight is 262 g/mol. The molecule has 0 radical (unpaired) electrons. The summed E-state index contributed by atoms with van der Waals surface area (Å²) in [6, 6.07) is 0. The second-order valence-corrected chi connectivity index (χ2v) is 6.11. The molecule has 0 saturated carbocycles. The summed E-state index contributed by atoms with van der Waals surface area (Å²) >= 11 is 0. The van der Waals surface area contributed by atoms with Gasteiger partial charge in [0, 0.05) is 18.2 Å². The van der Waals surface area contributed by atoms with E-state index in [2.05, 4.69) is 13.8 Å². The molecule has 0 N–H and O–H groups in total. The second kappa shape index (κ2) is 9.27. The SMILES string of the molecule is CCCCCCCCOCC1(C)COOPC1. The van der Waals surface area contributed by atoms with Crippen molar-refractivity contribution >= 4 is 8.81 Å². The molecule has 0 bridgehead atoms. The molecule has 0 aromatic rings. The van der Waals surface area contributed by atoms with Crippen LogP contribution in [-0.4, -0.2) is 26.0 Å². The summed E-state index contributed by atoms with van der Waals surface area (Å²) < 4.78 is 10.7. The Morgan fingerprint density at radius 2 is 1.94 bits per heavy atom. The van der Waals surface area contributed by atoms with Crippen LogP contribution in [0, 0.1) is 5.41 Å². The summed E-state index contributed by atoms with van der Waals surface area (Å²) in [6.45, 7) is 6.82. The number of unbranched alkanes of at least 4 members (excludes halogenated alkanes) is 5. The lowest BCUT2D eigenvalue weighted by atomic mass is 9.96. The van der Waals surface area contributed by atoms with E-state index in [4.69, 9.17) is 14.3 Å². The van der Waals surface area contributed by atoms with E-state index in [0.29, 0.717) is 15.4 Å². The van der Waals surface area contributed by atoms with Crippen molar-refractivity contribution in [1.82, 2.24) is 0 Å². The Kier molecular flexibility index (Phi) is 8.38. The summed E-state index contributed by atoms with van der Waals surface area (Å²) in [7, 11) is 0.463. The maximum atomic E-state index is 5.75. The summed E-state index contributed by atoms with van der Waals surface area (Å²) in [5.41, 5.74) is 0.166. The highest BCUT2D eigenvalue weighted by molar-refractivity contribution is 7.32. The van der Waals surface area contributed by atoms with Crippen LogP contribution in [0.5, 0.6) is 0 Å². The summed E-state index contributed by atoms with van der Waals surface area (Å²) in [6.07, 6.45) is 8.98. The highest BCUT2D eigenvalue weighted by Crippen LogP contribution is 2.33.